The normalized spacial score (nSPS) is 11.4. The summed E-state index contributed by atoms with van der Waals surface area (Å²) in [5.41, 5.74) is 3.61. The second-order valence-corrected chi connectivity index (χ2v) is 4.67. The SMILES string of the molecule is [B]C(C)(C)c1cccc(-c2ccccc2)c1. The molecule has 0 bridgehead atoms. The zero-order valence-corrected chi connectivity index (χ0v) is 9.77. The Balaban J connectivity index is 2.45. The second kappa shape index (κ2) is 4.17. The van der Waals surface area contributed by atoms with Crippen LogP contribution >= 0.6 is 0 Å². The molecular formula is C15H15B. The van der Waals surface area contributed by atoms with Crippen molar-refractivity contribution in [2.24, 2.45) is 0 Å². The van der Waals surface area contributed by atoms with Crippen LogP contribution in [0.2, 0.25) is 0 Å². The first-order valence-corrected chi connectivity index (χ1v) is 5.52. The first-order chi connectivity index (χ1) is 7.57. The number of benzene rings is 2. The Labute approximate surface area is 98.7 Å². The van der Waals surface area contributed by atoms with Gasteiger partial charge in [-0.3, -0.25) is 0 Å². The zero-order valence-electron chi connectivity index (χ0n) is 9.77. The molecule has 0 aliphatic carbocycles. The van der Waals surface area contributed by atoms with E-state index in [2.05, 4.69) is 48.5 Å². The van der Waals surface area contributed by atoms with Crippen LogP contribution in [0, 0.1) is 0 Å². The largest absolute Gasteiger partial charge is 0.0802 e. The zero-order chi connectivity index (χ0) is 11.6. The minimum atomic E-state index is -0.287. The van der Waals surface area contributed by atoms with Crippen LogP contribution in [0.1, 0.15) is 19.4 Å². The molecule has 0 aromatic heterocycles. The molecule has 0 spiro atoms. The molecule has 2 radical (unpaired) electrons. The third-order valence-corrected chi connectivity index (χ3v) is 2.71. The summed E-state index contributed by atoms with van der Waals surface area (Å²) in [6, 6.07) is 18.8. The van der Waals surface area contributed by atoms with Crippen molar-refractivity contribution in [1.82, 2.24) is 0 Å². The van der Waals surface area contributed by atoms with E-state index >= 15 is 0 Å². The van der Waals surface area contributed by atoms with E-state index in [1.165, 1.54) is 11.1 Å². The van der Waals surface area contributed by atoms with E-state index < -0.39 is 0 Å². The van der Waals surface area contributed by atoms with Gasteiger partial charge in [-0.05, 0) is 16.4 Å². The molecule has 0 saturated carbocycles. The predicted molar refractivity (Wildman–Crippen MR) is 70.7 cm³/mol. The minimum Gasteiger partial charge on any atom is -0.0639 e. The molecule has 0 amide bonds. The lowest BCUT2D eigenvalue weighted by Gasteiger charge is -2.20. The fraction of sp³-hybridized carbons (Fsp3) is 0.200. The maximum atomic E-state index is 6.10. The molecule has 0 atom stereocenters. The smallest absolute Gasteiger partial charge is 0.0639 e. The molecule has 0 nitrogen and oxygen atoms in total. The third kappa shape index (κ3) is 2.36. The molecule has 78 valence electrons. The van der Waals surface area contributed by atoms with Gasteiger partial charge in [0.1, 0.15) is 0 Å². The lowest BCUT2D eigenvalue weighted by Crippen LogP contribution is -2.16. The Kier molecular flexibility index (Phi) is 2.87. The summed E-state index contributed by atoms with van der Waals surface area (Å²) in [7, 11) is 6.10. The molecule has 2 rings (SSSR count). The molecule has 0 aliphatic heterocycles. The Hall–Kier alpha value is -1.50. The van der Waals surface area contributed by atoms with Crippen molar-refractivity contribution in [3.63, 3.8) is 0 Å². The van der Waals surface area contributed by atoms with Gasteiger partial charge in [0.05, 0.1) is 7.85 Å². The fourth-order valence-electron chi connectivity index (χ4n) is 1.73. The van der Waals surface area contributed by atoms with E-state index in [4.69, 9.17) is 7.85 Å². The molecule has 0 fully saturated rings. The van der Waals surface area contributed by atoms with Crippen molar-refractivity contribution in [3.8, 4) is 11.1 Å². The maximum absolute atomic E-state index is 6.10. The highest BCUT2D eigenvalue weighted by molar-refractivity contribution is 6.15. The van der Waals surface area contributed by atoms with Gasteiger partial charge in [-0.1, -0.05) is 74.0 Å². The highest BCUT2D eigenvalue weighted by atomic mass is 14.1. The molecule has 0 unspecified atom stereocenters. The van der Waals surface area contributed by atoms with Gasteiger partial charge in [0, 0.05) is 0 Å². The Morgan fingerprint density at radius 1 is 0.812 bits per heavy atom. The summed E-state index contributed by atoms with van der Waals surface area (Å²) in [4.78, 5) is 0. The molecule has 0 aliphatic rings. The van der Waals surface area contributed by atoms with E-state index in [0.29, 0.717) is 0 Å². The standard InChI is InChI=1S/C15H15B/c1-15(2,16)14-10-6-9-13(11-14)12-7-4-3-5-8-12/h3-11H,1-2H3. The molecule has 0 saturated heterocycles. The van der Waals surface area contributed by atoms with E-state index in [1.807, 2.05) is 19.9 Å². The van der Waals surface area contributed by atoms with Crippen molar-refractivity contribution >= 4 is 7.85 Å². The molecule has 2 aromatic rings. The summed E-state index contributed by atoms with van der Waals surface area (Å²) < 4.78 is 0. The summed E-state index contributed by atoms with van der Waals surface area (Å²) in [5, 5.41) is -0.287. The highest BCUT2D eigenvalue weighted by Crippen LogP contribution is 2.25. The molecular weight excluding hydrogens is 191 g/mol. The van der Waals surface area contributed by atoms with E-state index in [0.717, 1.165) is 5.56 Å². The van der Waals surface area contributed by atoms with Crippen LogP contribution in [-0.2, 0) is 5.31 Å². The molecule has 0 heterocycles. The first-order valence-electron chi connectivity index (χ1n) is 5.52. The molecule has 0 N–H and O–H groups in total. The maximum Gasteiger partial charge on any atom is 0.0802 e. The van der Waals surface area contributed by atoms with Crippen molar-refractivity contribution < 1.29 is 0 Å². The van der Waals surface area contributed by atoms with Crippen molar-refractivity contribution in [2.75, 3.05) is 0 Å². The molecule has 16 heavy (non-hydrogen) atoms. The average molecular weight is 206 g/mol. The third-order valence-electron chi connectivity index (χ3n) is 2.71. The Morgan fingerprint density at radius 2 is 1.44 bits per heavy atom. The summed E-state index contributed by atoms with van der Waals surface area (Å²) in [5.74, 6) is 0. The average Bonchev–Trinajstić information content (AvgIpc) is 2.29. The Bertz CT molecular complexity index is 466. The van der Waals surface area contributed by atoms with Gasteiger partial charge in [-0.15, -0.1) is 0 Å². The van der Waals surface area contributed by atoms with Crippen LogP contribution in [0.25, 0.3) is 11.1 Å². The van der Waals surface area contributed by atoms with Crippen LogP contribution in [0.4, 0.5) is 0 Å². The molecule has 1 heteroatoms. The minimum absolute atomic E-state index is 0.287. The van der Waals surface area contributed by atoms with Gasteiger partial charge in [-0.2, -0.15) is 0 Å². The van der Waals surface area contributed by atoms with Gasteiger partial charge in [-0.25, -0.2) is 0 Å². The Morgan fingerprint density at radius 3 is 2.06 bits per heavy atom. The second-order valence-electron chi connectivity index (χ2n) is 4.67. The number of hydrogen-bond donors (Lipinski definition) is 0. The lowest BCUT2D eigenvalue weighted by molar-refractivity contribution is 0.764. The quantitative estimate of drug-likeness (QED) is 0.656. The van der Waals surface area contributed by atoms with Crippen LogP contribution in [0.3, 0.4) is 0 Å². The van der Waals surface area contributed by atoms with Gasteiger partial charge in [0.15, 0.2) is 0 Å². The first kappa shape index (κ1) is 11.0. The summed E-state index contributed by atoms with van der Waals surface area (Å²) in [6.45, 7) is 4.05. The summed E-state index contributed by atoms with van der Waals surface area (Å²) >= 11 is 0. The highest BCUT2D eigenvalue weighted by Gasteiger charge is 2.13. The van der Waals surface area contributed by atoms with Gasteiger partial charge in [0.2, 0.25) is 0 Å². The van der Waals surface area contributed by atoms with Gasteiger partial charge in [0.25, 0.3) is 0 Å². The predicted octanol–water partition coefficient (Wildman–Crippen LogP) is 3.76. The van der Waals surface area contributed by atoms with Crippen molar-refractivity contribution in [1.29, 1.82) is 0 Å². The lowest BCUT2D eigenvalue weighted by atomic mass is 9.67. The van der Waals surface area contributed by atoms with Gasteiger partial charge < -0.3 is 0 Å². The molecule has 2 aromatic carbocycles. The van der Waals surface area contributed by atoms with Crippen LogP contribution in [0.15, 0.2) is 54.6 Å². The van der Waals surface area contributed by atoms with Gasteiger partial charge >= 0.3 is 0 Å². The van der Waals surface area contributed by atoms with Crippen LogP contribution in [0.5, 0.6) is 0 Å². The van der Waals surface area contributed by atoms with Crippen LogP contribution in [-0.4, -0.2) is 7.85 Å². The number of hydrogen-bond acceptors (Lipinski definition) is 0. The van der Waals surface area contributed by atoms with Crippen LogP contribution < -0.4 is 0 Å². The fourth-order valence-corrected chi connectivity index (χ4v) is 1.73. The summed E-state index contributed by atoms with van der Waals surface area (Å²) in [6.07, 6.45) is 0. The monoisotopic (exact) mass is 206 g/mol. The number of rotatable bonds is 2. The topological polar surface area (TPSA) is 0 Å². The van der Waals surface area contributed by atoms with Crippen molar-refractivity contribution in [3.05, 3.63) is 60.2 Å². The van der Waals surface area contributed by atoms with E-state index in [9.17, 15) is 0 Å². The van der Waals surface area contributed by atoms with E-state index in [-0.39, 0.29) is 5.31 Å². The van der Waals surface area contributed by atoms with E-state index in [1.54, 1.807) is 0 Å². The van der Waals surface area contributed by atoms with Crippen molar-refractivity contribution in [2.45, 2.75) is 19.2 Å².